The van der Waals surface area contributed by atoms with Gasteiger partial charge in [0.15, 0.2) is 11.5 Å². The molecule has 0 spiro atoms. The highest BCUT2D eigenvalue weighted by atomic mass is 16.3. The van der Waals surface area contributed by atoms with Crippen LogP contribution in [0, 0.1) is 13.8 Å². The van der Waals surface area contributed by atoms with Gasteiger partial charge in [-0.2, -0.15) is 0 Å². The van der Waals surface area contributed by atoms with Crippen LogP contribution < -0.4 is 0 Å². The van der Waals surface area contributed by atoms with Gasteiger partial charge in [-0.1, -0.05) is 12.1 Å². The molecule has 0 heterocycles. The largest absolute Gasteiger partial charge is 0.508 e. The van der Waals surface area contributed by atoms with Crippen molar-refractivity contribution in [2.24, 2.45) is 0 Å². The number of benzene rings is 2. The van der Waals surface area contributed by atoms with Gasteiger partial charge in [-0.25, -0.2) is 0 Å². The van der Waals surface area contributed by atoms with E-state index in [1.54, 1.807) is 38.1 Å². The van der Waals surface area contributed by atoms with Crippen LogP contribution in [0.15, 0.2) is 36.4 Å². The van der Waals surface area contributed by atoms with E-state index in [0.717, 1.165) is 0 Å². The van der Waals surface area contributed by atoms with Crippen LogP contribution in [0.5, 0.6) is 23.0 Å². The first kappa shape index (κ1) is 13.7. The SMILES string of the molecule is Cc1cc(O)c(C)cc1O.Oc1ccccc1O. The minimum Gasteiger partial charge on any atom is -0.508 e. The van der Waals surface area contributed by atoms with Gasteiger partial charge in [0.1, 0.15) is 11.5 Å². The maximum absolute atomic E-state index is 9.11. The highest BCUT2D eigenvalue weighted by Gasteiger charge is 1.99. The lowest BCUT2D eigenvalue weighted by Crippen LogP contribution is -1.78. The topological polar surface area (TPSA) is 80.9 Å². The average molecular weight is 248 g/mol. The smallest absolute Gasteiger partial charge is 0.157 e. The Hall–Kier alpha value is -2.36. The molecule has 0 atom stereocenters. The van der Waals surface area contributed by atoms with Crippen LogP contribution in [-0.2, 0) is 0 Å². The zero-order chi connectivity index (χ0) is 13.7. The second kappa shape index (κ2) is 5.82. The quantitative estimate of drug-likeness (QED) is 0.427. The molecule has 0 aliphatic rings. The van der Waals surface area contributed by atoms with Crippen LogP contribution >= 0.6 is 0 Å². The molecule has 2 rings (SSSR count). The minimum atomic E-state index is -0.0764. The number of hydrogen-bond acceptors (Lipinski definition) is 4. The lowest BCUT2D eigenvalue weighted by molar-refractivity contribution is 0.404. The molecule has 4 nitrogen and oxygen atoms in total. The fourth-order valence-corrected chi connectivity index (χ4v) is 1.25. The third-order valence-corrected chi connectivity index (χ3v) is 2.40. The van der Waals surface area contributed by atoms with Crippen molar-refractivity contribution in [3.63, 3.8) is 0 Å². The summed E-state index contributed by atoms with van der Waals surface area (Å²) < 4.78 is 0. The van der Waals surface area contributed by atoms with Crippen molar-refractivity contribution in [3.8, 4) is 23.0 Å². The second-order valence-corrected chi connectivity index (χ2v) is 3.91. The number of rotatable bonds is 0. The first-order valence-corrected chi connectivity index (χ1v) is 5.38. The Labute approximate surface area is 105 Å². The predicted octanol–water partition coefficient (Wildman–Crippen LogP) is 2.81. The summed E-state index contributed by atoms with van der Waals surface area (Å²) in [6.45, 7) is 3.49. The van der Waals surface area contributed by atoms with Crippen LogP contribution in [0.3, 0.4) is 0 Å². The van der Waals surface area contributed by atoms with Gasteiger partial charge >= 0.3 is 0 Å². The molecule has 2 aromatic carbocycles. The number of aromatic hydroxyl groups is 4. The van der Waals surface area contributed by atoms with E-state index in [1.165, 1.54) is 12.1 Å². The molecule has 0 amide bonds. The Morgan fingerprint density at radius 2 is 0.944 bits per heavy atom. The van der Waals surface area contributed by atoms with Crippen LogP contribution in [0.4, 0.5) is 0 Å². The summed E-state index contributed by atoms with van der Waals surface area (Å²) in [7, 11) is 0. The molecule has 0 saturated heterocycles. The summed E-state index contributed by atoms with van der Waals surface area (Å²) in [5.41, 5.74) is 1.39. The Bertz CT molecular complexity index is 464. The van der Waals surface area contributed by atoms with Crippen molar-refractivity contribution < 1.29 is 20.4 Å². The monoisotopic (exact) mass is 248 g/mol. The standard InChI is InChI=1S/C8H10O2.C6H6O2/c1-5-3-8(10)6(2)4-7(5)9;7-5-3-1-2-4-6(5)8/h3-4,9-10H,1-2H3;1-4,7-8H. The summed E-state index contributed by atoms with van der Waals surface area (Å²) in [5, 5.41) is 35.6. The van der Waals surface area contributed by atoms with Gasteiger partial charge in [-0.3, -0.25) is 0 Å². The molecule has 0 bridgehead atoms. The summed E-state index contributed by atoms with van der Waals surface area (Å²) in [4.78, 5) is 0. The van der Waals surface area contributed by atoms with E-state index in [2.05, 4.69) is 0 Å². The van der Waals surface area contributed by atoms with Crippen molar-refractivity contribution in [1.29, 1.82) is 0 Å². The molecule has 0 saturated carbocycles. The molecule has 96 valence electrons. The molecule has 4 heteroatoms. The fraction of sp³-hybridized carbons (Fsp3) is 0.143. The van der Waals surface area contributed by atoms with E-state index in [1.807, 2.05) is 0 Å². The number of para-hydroxylation sites is 2. The predicted molar refractivity (Wildman–Crippen MR) is 69.0 cm³/mol. The van der Waals surface area contributed by atoms with E-state index in [-0.39, 0.29) is 23.0 Å². The molecule has 2 aromatic rings. The maximum Gasteiger partial charge on any atom is 0.157 e. The van der Waals surface area contributed by atoms with E-state index in [9.17, 15) is 0 Å². The van der Waals surface area contributed by atoms with Gasteiger partial charge in [0.2, 0.25) is 0 Å². The second-order valence-electron chi connectivity index (χ2n) is 3.91. The lowest BCUT2D eigenvalue weighted by Gasteiger charge is -2.01. The number of phenolic OH excluding ortho intramolecular Hbond substituents is 4. The van der Waals surface area contributed by atoms with Crippen molar-refractivity contribution in [2.45, 2.75) is 13.8 Å². The van der Waals surface area contributed by atoms with Gasteiger partial charge in [-0.15, -0.1) is 0 Å². The molecule has 4 N–H and O–H groups in total. The molecule has 0 aromatic heterocycles. The van der Waals surface area contributed by atoms with E-state index < -0.39 is 0 Å². The third kappa shape index (κ3) is 3.59. The van der Waals surface area contributed by atoms with E-state index in [4.69, 9.17) is 20.4 Å². The Kier molecular flexibility index (Phi) is 4.43. The molecule has 0 aliphatic carbocycles. The Morgan fingerprint density at radius 1 is 0.611 bits per heavy atom. The summed E-state index contributed by atoms with van der Waals surface area (Å²) >= 11 is 0. The molecular weight excluding hydrogens is 232 g/mol. The van der Waals surface area contributed by atoms with Crippen molar-refractivity contribution >= 4 is 0 Å². The number of hydrogen-bond donors (Lipinski definition) is 4. The van der Waals surface area contributed by atoms with Gasteiger partial charge in [-0.05, 0) is 49.2 Å². The zero-order valence-corrected chi connectivity index (χ0v) is 10.3. The van der Waals surface area contributed by atoms with Crippen LogP contribution in [0.1, 0.15) is 11.1 Å². The van der Waals surface area contributed by atoms with Crippen LogP contribution in [-0.4, -0.2) is 20.4 Å². The maximum atomic E-state index is 9.11. The summed E-state index contributed by atoms with van der Waals surface area (Å²) in [5.74, 6) is 0.311. The normalized spacial score (nSPS) is 9.44. The fourth-order valence-electron chi connectivity index (χ4n) is 1.25. The number of phenols is 4. The van der Waals surface area contributed by atoms with E-state index in [0.29, 0.717) is 11.1 Å². The lowest BCUT2D eigenvalue weighted by atomic mass is 10.1. The highest BCUT2D eigenvalue weighted by Crippen LogP contribution is 2.25. The van der Waals surface area contributed by atoms with Gasteiger partial charge in [0.25, 0.3) is 0 Å². The van der Waals surface area contributed by atoms with Crippen molar-refractivity contribution in [2.75, 3.05) is 0 Å². The highest BCUT2D eigenvalue weighted by molar-refractivity contribution is 5.43. The van der Waals surface area contributed by atoms with Crippen LogP contribution in [0.25, 0.3) is 0 Å². The average Bonchev–Trinajstić information content (AvgIpc) is 2.31. The first-order chi connectivity index (χ1) is 8.41. The van der Waals surface area contributed by atoms with Gasteiger partial charge in [0.05, 0.1) is 0 Å². The molecule has 18 heavy (non-hydrogen) atoms. The molecule has 0 fully saturated rings. The van der Waals surface area contributed by atoms with Gasteiger partial charge in [0, 0.05) is 0 Å². The Balaban J connectivity index is 0.000000184. The van der Waals surface area contributed by atoms with E-state index >= 15 is 0 Å². The van der Waals surface area contributed by atoms with Crippen LogP contribution in [0.2, 0.25) is 0 Å². The van der Waals surface area contributed by atoms with Gasteiger partial charge < -0.3 is 20.4 Å². The van der Waals surface area contributed by atoms with Crippen molar-refractivity contribution in [3.05, 3.63) is 47.5 Å². The number of aryl methyl sites for hydroxylation is 2. The van der Waals surface area contributed by atoms with Crippen molar-refractivity contribution in [1.82, 2.24) is 0 Å². The molecule has 0 aliphatic heterocycles. The zero-order valence-electron chi connectivity index (χ0n) is 10.3. The molecule has 0 unspecified atom stereocenters. The first-order valence-electron chi connectivity index (χ1n) is 5.38. The third-order valence-electron chi connectivity index (χ3n) is 2.40. The molecule has 0 radical (unpaired) electrons. The summed E-state index contributed by atoms with van der Waals surface area (Å²) in [6, 6.07) is 9.24. The summed E-state index contributed by atoms with van der Waals surface area (Å²) in [6.07, 6.45) is 0. The minimum absolute atomic E-state index is 0.0764. The molecular formula is C14H16O4. The Morgan fingerprint density at radius 3 is 1.22 bits per heavy atom.